The summed E-state index contributed by atoms with van der Waals surface area (Å²) in [5, 5.41) is 2.82. The van der Waals surface area contributed by atoms with Crippen molar-refractivity contribution in [2.24, 2.45) is 7.05 Å². The zero-order valence-corrected chi connectivity index (χ0v) is 14.6. The van der Waals surface area contributed by atoms with Gasteiger partial charge in [0.15, 0.2) is 5.43 Å². The van der Waals surface area contributed by atoms with Gasteiger partial charge in [-0.25, -0.2) is 0 Å². The van der Waals surface area contributed by atoms with Crippen molar-refractivity contribution in [1.82, 2.24) is 4.57 Å². The molecule has 0 aliphatic carbocycles. The van der Waals surface area contributed by atoms with E-state index in [2.05, 4.69) is 46.5 Å². The maximum Gasteiger partial charge on any atom is 0.190 e. The number of benzene rings is 1. The first-order valence-electron chi connectivity index (χ1n) is 6.86. The highest BCUT2D eigenvalue weighted by Crippen LogP contribution is 2.34. The van der Waals surface area contributed by atoms with Gasteiger partial charge in [-0.15, -0.1) is 11.3 Å². The summed E-state index contributed by atoms with van der Waals surface area (Å²) < 4.78 is 3.12. The van der Waals surface area contributed by atoms with Crippen molar-refractivity contribution in [3.05, 3.63) is 56.0 Å². The minimum absolute atomic E-state index is 0.0842. The van der Waals surface area contributed by atoms with Gasteiger partial charge >= 0.3 is 0 Å². The predicted molar refractivity (Wildman–Crippen MR) is 94.3 cm³/mol. The van der Waals surface area contributed by atoms with Gasteiger partial charge in [0.25, 0.3) is 0 Å². The first kappa shape index (κ1) is 14.5. The number of fused-ring (bicyclic) bond motifs is 1. The molecule has 21 heavy (non-hydrogen) atoms. The second kappa shape index (κ2) is 5.43. The van der Waals surface area contributed by atoms with Gasteiger partial charge in [0.2, 0.25) is 0 Å². The average molecular weight is 362 g/mol. The number of aryl methyl sites for hydroxylation is 1. The molecule has 0 unspecified atom stereocenters. The Morgan fingerprint density at radius 1 is 1.19 bits per heavy atom. The molecule has 108 valence electrons. The molecule has 2 aromatic heterocycles. The molecule has 2 nitrogen and oxygen atoms in total. The van der Waals surface area contributed by atoms with Gasteiger partial charge in [-0.3, -0.25) is 4.79 Å². The molecule has 0 bridgehead atoms. The quantitative estimate of drug-likeness (QED) is 0.618. The van der Waals surface area contributed by atoms with Crippen LogP contribution in [0.2, 0.25) is 0 Å². The third-order valence-corrected chi connectivity index (χ3v) is 5.65. The molecule has 1 aromatic carbocycles. The molecule has 0 amide bonds. The summed E-state index contributed by atoms with van der Waals surface area (Å²) in [7, 11) is 2.01. The van der Waals surface area contributed by atoms with Crippen LogP contribution < -0.4 is 5.43 Å². The molecule has 2 heterocycles. The largest absolute Gasteiger partial charge is 0.343 e. The Morgan fingerprint density at radius 3 is 2.57 bits per heavy atom. The second-order valence-corrected chi connectivity index (χ2v) is 7.25. The van der Waals surface area contributed by atoms with Crippen LogP contribution in [0.1, 0.15) is 25.3 Å². The number of pyridine rings is 1. The van der Waals surface area contributed by atoms with Crippen LogP contribution in [0.3, 0.4) is 0 Å². The van der Waals surface area contributed by atoms with Crippen molar-refractivity contribution in [3.63, 3.8) is 0 Å². The minimum atomic E-state index is 0.0842. The molecule has 3 rings (SSSR count). The number of thiophene rings is 1. The molecule has 0 aliphatic rings. The lowest BCUT2D eigenvalue weighted by Gasteiger charge is -2.13. The lowest BCUT2D eigenvalue weighted by Crippen LogP contribution is -2.09. The molecule has 0 saturated carbocycles. The number of nitrogens with zero attached hydrogens (tertiary/aromatic N) is 1. The molecule has 0 N–H and O–H groups in total. The fraction of sp³-hybridized carbons (Fsp3) is 0.235. The standard InChI is InChI=1S/C17H16BrNOS/c1-10(2)11-4-5-14-12(8-11)16(20)9-15(19(14)3)17-13(18)6-7-21-17/h4-10H,1-3H3. The summed E-state index contributed by atoms with van der Waals surface area (Å²) in [6.07, 6.45) is 0. The zero-order chi connectivity index (χ0) is 15.1. The van der Waals surface area contributed by atoms with Gasteiger partial charge in [-0.1, -0.05) is 19.9 Å². The molecule has 0 fully saturated rings. The van der Waals surface area contributed by atoms with Crippen LogP contribution in [0.5, 0.6) is 0 Å². The van der Waals surface area contributed by atoms with E-state index in [1.807, 2.05) is 24.6 Å². The summed E-state index contributed by atoms with van der Waals surface area (Å²) in [6, 6.07) is 9.94. The molecule has 0 atom stereocenters. The molecule has 0 aliphatic heterocycles. The summed E-state index contributed by atoms with van der Waals surface area (Å²) in [6.45, 7) is 4.28. The van der Waals surface area contributed by atoms with E-state index in [4.69, 9.17) is 0 Å². The van der Waals surface area contributed by atoms with Crippen molar-refractivity contribution in [2.45, 2.75) is 19.8 Å². The monoisotopic (exact) mass is 361 g/mol. The molecule has 0 saturated heterocycles. The van der Waals surface area contributed by atoms with Gasteiger partial charge in [-0.2, -0.15) is 0 Å². The van der Waals surface area contributed by atoms with Crippen LogP contribution in [-0.4, -0.2) is 4.57 Å². The topological polar surface area (TPSA) is 22.0 Å². The average Bonchev–Trinajstić information content (AvgIpc) is 2.88. The number of aromatic nitrogens is 1. The summed E-state index contributed by atoms with van der Waals surface area (Å²) in [5.74, 6) is 0.422. The Morgan fingerprint density at radius 2 is 1.95 bits per heavy atom. The van der Waals surface area contributed by atoms with Crippen molar-refractivity contribution >= 4 is 38.2 Å². The van der Waals surface area contributed by atoms with E-state index >= 15 is 0 Å². The highest BCUT2D eigenvalue weighted by molar-refractivity contribution is 9.10. The van der Waals surface area contributed by atoms with Crippen LogP contribution in [-0.2, 0) is 7.05 Å². The lowest BCUT2D eigenvalue weighted by atomic mass is 10.0. The number of hydrogen-bond acceptors (Lipinski definition) is 2. The van der Waals surface area contributed by atoms with Gasteiger partial charge in [0.1, 0.15) is 0 Å². The maximum absolute atomic E-state index is 12.5. The van der Waals surface area contributed by atoms with E-state index in [0.29, 0.717) is 5.92 Å². The molecular weight excluding hydrogens is 346 g/mol. The number of rotatable bonds is 2. The third-order valence-electron chi connectivity index (χ3n) is 3.79. The van der Waals surface area contributed by atoms with E-state index in [9.17, 15) is 4.79 Å². The van der Waals surface area contributed by atoms with Crippen molar-refractivity contribution in [2.75, 3.05) is 0 Å². The SMILES string of the molecule is CC(C)c1ccc2c(c1)c(=O)cc(-c1sccc1Br)n2C. The molecule has 0 radical (unpaired) electrons. The Bertz CT molecular complexity index is 876. The first-order valence-corrected chi connectivity index (χ1v) is 8.53. The Hall–Kier alpha value is -1.39. The Labute approximate surface area is 136 Å². The van der Waals surface area contributed by atoms with E-state index in [-0.39, 0.29) is 5.43 Å². The van der Waals surface area contributed by atoms with Gasteiger partial charge in [0, 0.05) is 23.0 Å². The Kier molecular flexibility index (Phi) is 3.76. The first-order chi connectivity index (χ1) is 9.99. The van der Waals surface area contributed by atoms with E-state index in [1.165, 1.54) is 5.56 Å². The smallest absolute Gasteiger partial charge is 0.190 e. The van der Waals surface area contributed by atoms with Crippen molar-refractivity contribution in [1.29, 1.82) is 0 Å². The van der Waals surface area contributed by atoms with Crippen molar-refractivity contribution in [3.8, 4) is 10.6 Å². The fourth-order valence-corrected chi connectivity index (χ4v) is 4.15. The molecular formula is C17H16BrNOS. The molecule has 4 heteroatoms. The normalized spacial score (nSPS) is 11.5. The van der Waals surface area contributed by atoms with E-state index in [1.54, 1.807) is 17.4 Å². The fourth-order valence-electron chi connectivity index (χ4n) is 2.53. The second-order valence-electron chi connectivity index (χ2n) is 5.48. The van der Waals surface area contributed by atoms with Crippen LogP contribution in [0.15, 0.2) is 45.0 Å². The Balaban J connectivity index is 2.33. The number of halogens is 1. The summed E-state index contributed by atoms with van der Waals surface area (Å²) in [5.41, 5.74) is 3.21. The zero-order valence-electron chi connectivity index (χ0n) is 12.2. The van der Waals surface area contributed by atoms with Crippen LogP contribution in [0.25, 0.3) is 21.5 Å². The van der Waals surface area contributed by atoms with Crippen LogP contribution in [0, 0.1) is 0 Å². The highest BCUT2D eigenvalue weighted by Gasteiger charge is 2.13. The van der Waals surface area contributed by atoms with Gasteiger partial charge in [0.05, 0.1) is 16.1 Å². The third kappa shape index (κ3) is 2.47. The number of hydrogen-bond donors (Lipinski definition) is 0. The summed E-state index contributed by atoms with van der Waals surface area (Å²) >= 11 is 5.19. The van der Waals surface area contributed by atoms with Crippen LogP contribution >= 0.6 is 27.3 Å². The van der Waals surface area contributed by atoms with E-state index in [0.717, 1.165) is 25.9 Å². The highest BCUT2D eigenvalue weighted by atomic mass is 79.9. The van der Waals surface area contributed by atoms with Gasteiger partial charge < -0.3 is 4.57 Å². The van der Waals surface area contributed by atoms with Crippen LogP contribution in [0.4, 0.5) is 0 Å². The molecule has 0 spiro atoms. The minimum Gasteiger partial charge on any atom is -0.343 e. The van der Waals surface area contributed by atoms with Gasteiger partial charge in [-0.05, 0) is 51.0 Å². The summed E-state index contributed by atoms with van der Waals surface area (Å²) in [4.78, 5) is 13.6. The van der Waals surface area contributed by atoms with Crippen molar-refractivity contribution < 1.29 is 0 Å². The predicted octanol–water partition coefficient (Wildman–Crippen LogP) is 5.15. The molecule has 3 aromatic rings. The van der Waals surface area contributed by atoms with E-state index < -0.39 is 0 Å². The maximum atomic E-state index is 12.5. The lowest BCUT2D eigenvalue weighted by molar-refractivity contribution is 0.867.